The molecule has 0 saturated heterocycles. The van der Waals surface area contributed by atoms with Crippen molar-refractivity contribution in [2.45, 2.75) is 56.9 Å². The molecule has 0 unspecified atom stereocenters. The van der Waals surface area contributed by atoms with Crippen molar-refractivity contribution >= 4 is 5.69 Å². The van der Waals surface area contributed by atoms with E-state index >= 15 is 0 Å². The third kappa shape index (κ3) is 7.09. The molecule has 0 saturated carbocycles. The minimum Gasteiger partial charge on any atom is -0.474 e. The van der Waals surface area contributed by atoms with Crippen molar-refractivity contribution in [3.05, 3.63) is 88.8 Å². The molecule has 9 nitrogen and oxygen atoms in total. The molecular formula is C26H24F6N4O5. The number of halogens is 6. The lowest BCUT2D eigenvalue weighted by Gasteiger charge is -2.32. The summed E-state index contributed by atoms with van der Waals surface area (Å²) in [7, 11) is 0. The number of benzene rings is 1. The molecule has 0 N–H and O–H groups in total. The minimum absolute atomic E-state index is 0.0894. The molecular weight excluding hydrogens is 562 g/mol. The SMILES string of the molecule is C=CCC[C@@](OCc1ccccc1)(c1nnc(-c2nc(O[C@H](C)CC=C)c(C(F)(F)F)cc2[N+](=O)[O-])o1)C(F)(F)F. The Kier molecular flexibility index (Phi) is 9.53. The predicted molar refractivity (Wildman–Crippen MR) is 132 cm³/mol. The van der Waals surface area contributed by atoms with Gasteiger partial charge in [-0.3, -0.25) is 10.1 Å². The Morgan fingerprint density at radius 3 is 2.34 bits per heavy atom. The summed E-state index contributed by atoms with van der Waals surface area (Å²) in [6.45, 7) is 7.76. The Labute approximate surface area is 229 Å². The van der Waals surface area contributed by atoms with Gasteiger partial charge in [0.1, 0.15) is 11.7 Å². The van der Waals surface area contributed by atoms with Gasteiger partial charge in [-0.25, -0.2) is 4.98 Å². The van der Waals surface area contributed by atoms with Crippen LogP contribution < -0.4 is 4.74 Å². The van der Waals surface area contributed by atoms with E-state index in [9.17, 15) is 36.5 Å². The fourth-order valence-corrected chi connectivity index (χ4v) is 3.70. The molecule has 0 amide bonds. The van der Waals surface area contributed by atoms with E-state index in [1.54, 1.807) is 18.2 Å². The number of ether oxygens (including phenoxy) is 2. The van der Waals surface area contributed by atoms with Crippen molar-refractivity contribution in [2.24, 2.45) is 0 Å². The first-order valence-corrected chi connectivity index (χ1v) is 12.0. The molecule has 2 atom stereocenters. The Morgan fingerprint density at radius 1 is 1.10 bits per heavy atom. The second-order valence-corrected chi connectivity index (χ2v) is 8.76. The molecule has 1 aromatic carbocycles. The van der Waals surface area contributed by atoms with Gasteiger partial charge in [0.15, 0.2) is 0 Å². The third-order valence-electron chi connectivity index (χ3n) is 5.74. The zero-order valence-electron chi connectivity index (χ0n) is 21.5. The van der Waals surface area contributed by atoms with Crippen LogP contribution in [0.15, 0.2) is 66.1 Å². The van der Waals surface area contributed by atoms with Gasteiger partial charge in [0.2, 0.25) is 17.2 Å². The topological polar surface area (TPSA) is 113 Å². The zero-order valence-corrected chi connectivity index (χ0v) is 21.5. The molecule has 0 aliphatic heterocycles. The molecule has 0 fully saturated rings. The van der Waals surface area contributed by atoms with Crippen molar-refractivity contribution in [2.75, 3.05) is 0 Å². The van der Waals surface area contributed by atoms with Gasteiger partial charge in [-0.15, -0.1) is 23.4 Å². The number of allylic oxidation sites excluding steroid dienone is 1. The van der Waals surface area contributed by atoms with Crippen molar-refractivity contribution in [1.29, 1.82) is 0 Å². The largest absolute Gasteiger partial charge is 0.474 e. The van der Waals surface area contributed by atoms with Crippen LogP contribution in [0.25, 0.3) is 11.6 Å². The van der Waals surface area contributed by atoms with Crippen molar-refractivity contribution in [3.8, 4) is 17.5 Å². The quantitative estimate of drug-likeness (QED) is 0.0885. The number of hydrogen-bond donors (Lipinski definition) is 0. The first-order chi connectivity index (χ1) is 19.2. The van der Waals surface area contributed by atoms with Gasteiger partial charge in [-0.2, -0.15) is 26.3 Å². The van der Waals surface area contributed by atoms with E-state index in [1.165, 1.54) is 31.2 Å². The Hall–Kier alpha value is -4.27. The summed E-state index contributed by atoms with van der Waals surface area (Å²) in [4.78, 5) is 14.1. The second-order valence-electron chi connectivity index (χ2n) is 8.76. The maximum absolute atomic E-state index is 14.6. The van der Waals surface area contributed by atoms with Crippen molar-refractivity contribution < 1.29 is 45.2 Å². The van der Waals surface area contributed by atoms with Crippen LogP contribution in [0.3, 0.4) is 0 Å². The van der Waals surface area contributed by atoms with Gasteiger partial charge in [-0.1, -0.05) is 42.5 Å². The normalized spacial score (nSPS) is 14.2. The lowest BCUT2D eigenvalue weighted by atomic mass is 9.96. The molecule has 15 heteroatoms. The van der Waals surface area contributed by atoms with Crippen LogP contribution in [0.1, 0.15) is 43.2 Å². The summed E-state index contributed by atoms with van der Waals surface area (Å²) < 4.78 is 101. The van der Waals surface area contributed by atoms with Gasteiger partial charge in [0, 0.05) is 12.5 Å². The Balaban J connectivity index is 2.18. The number of nitrogens with zero attached hydrogens (tertiary/aromatic N) is 4. The number of rotatable bonds is 13. The van der Waals surface area contributed by atoms with Crippen molar-refractivity contribution in [3.63, 3.8) is 0 Å². The number of alkyl halides is 6. The van der Waals surface area contributed by atoms with Gasteiger partial charge in [-0.05, 0) is 25.3 Å². The molecule has 2 heterocycles. The van der Waals surface area contributed by atoms with Crippen LogP contribution in [0, 0.1) is 10.1 Å². The molecule has 0 aliphatic carbocycles. The van der Waals surface area contributed by atoms with Crippen LogP contribution in [0.5, 0.6) is 5.88 Å². The van der Waals surface area contributed by atoms with Gasteiger partial charge in [0.25, 0.3) is 11.8 Å². The summed E-state index contributed by atoms with van der Waals surface area (Å²) >= 11 is 0. The standard InChI is InChI=1S/C26H24F6N4O5/c1-4-6-13-24(26(30,31)32,39-15-17-11-8-7-9-12-17)23-35-34-22(41-23)20-19(36(37)38)14-18(25(27,28)29)21(33-20)40-16(3)10-5-2/h4-5,7-9,11-12,14,16H,1-2,6,10,13,15H2,3H3/t16-,24-/m1/s1. The summed E-state index contributed by atoms with van der Waals surface area (Å²) in [6.07, 6.45) is -9.47. The summed E-state index contributed by atoms with van der Waals surface area (Å²) in [5.41, 5.74) is -6.56. The average Bonchev–Trinajstić information content (AvgIpc) is 3.38. The lowest BCUT2D eigenvalue weighted by molar-refractivity contribution is -0.384. The van der Waals surface area contributed by atoms with Crippen LogP contribution >= 0.6 is 0 Å². The summed E-state index contributed by atoms with van der Waals surface area (Å²) in [5.74, 6) is -3.14. The summed E-state index contributed by atoms with van der Waals surface area (Å²) in [5, 5.41) is 18.6. The maximum Gasteiger partial charge on any atom is 0.426 e. The number of nitro groups is 1. The van der Waals surface area contributed by atoms with E-state index in [4.69, 9.17) is 13.9 Å². The van der Waals surface area contributed by atoms with Crippen LogP contribution in [0.2, 0.25) is 0 Å². The molecule has 3 aromatic rings. The molecule has 3 rings (SSSR count). The first-order valence-electron chi connectivity index (χ1n) is 12.0. The molecule has 41 heavy (non-hydrogen) atoms. The van der Waals surface area contributed by atoms with E-state index in [0.717, 1.165) is 0 Å². The average molecular weight is 586 g/mol. The van der Waals surface area contributed by atoms with Crippen LogP contribution in [-0.2, 0) is 23.1 Å². The highest BCUT2D eigenvalue weighted by Crippen LogP contribution is 2.47. The van der Waals surface area contributed by atoms with Gasteiger partial charge in [0.05, 0.1) is 11.5 Å². The Morgan fingerprint density at radius 2 is 1.78 bits per heavy atom. The first kappa shape index (κ1) is 31.3. The van der Waals surface area contributed by atoms with Crippen LogP contribution in [0.4, 0.5) is 32.0 Å². The van der Waals surface area contributed by atoms with E-state index in [2.05, 4.69) is 28.3 Å². The van der Waals surface area contributed by atoms with E-state index in [0.29, 0.717) is 5.56 Å². The maximum atomic E-state index is 14.6. The summed E-state index contributed by atoms with van der Waals surface area (Å²) in [6, 6.07) is 8.03. The second kappa shape index (κ2) is 12.5. The third-order valence-corrected chi connectivity index (χ3v) is 5.74. The highest BCUT2D eigenvalue weighted by molar-refractivity contribution is 5.64. The van der Waals surface area contributed by atoms with Crippen molar-refractivity contribution in [1.82, 2.24) is 15.2 Å². The van der Waals surface area contributed by atoms with Gasteiger partial charge < -0.3 is 13.9 Å². The van der Waals surface area contributed by atoms with Crippen LogP contribution in [-0.4, -0.2) is 32.4 Å². The molecule has 0 bridgehead atoms. The molecule has 0 radical (unpaired) electrons. The Bertz CT molecular complexity index is 1380. The predicted octanol–water partition coefficient (Wildman–Crippen LogP) is 7.34. The zero-order chi connectivity index (χ0) is 30.4. The number of pyridine rings is 1. The highest BCUT2D eigenvalue weighted by Gasteiger charge is 2.61. The fraction of sp³-hybridized carbons (Fsp3) is 0.346. The minimum atomic E-state index is -5.14. The molecule has 0 spiro atoms. The fourth-order valence-electron chi connectivity index (χ4n) is 3.70. The monoisotopic (exact) mass is 586 g/mol. The van der Waals surface area contributed by atoms with E-state index < -0.39 is 76.6 Å². The van der Waals surface area contributed by atoms with E-state index in [1.807, 2.05) is 0 Å². The molecule has 220 valence electrons. The smallest absolute Gasteiger partial charge is 0.426 e. The number of aromatic nitrogens is 3. The van der Waals surface area contributed by atoms with Gasteiger partial charge >= 0.3 is 18.0 Å². The van der Waals surface area contributed by atoms with E-state index in [-0.39, 0.29) is 18.9 Å². The number of hydrogen-bond acceptors (Lipinski definition) is 8. The lowest BCUT2D eigenvalue weighted by Crippen LogP contribution is -2.45. The molecule has 2 aromatic heterocycles. The molecule has 0 aliphatic rings. The highest BCUT2D eigenvalue weighted by atomic mass is 19.4.